The normalized spacial score (nSPS) is 16.4. The number of likely N-dealkylation sites (tertiary alicyclic amines) is 1. The zero-order chi connectivity index (χ0) is 14.5. The van der Waals surface area contributed by atoms with Gasteiger partial charge in [-0.1, -0.05) is 22.9 Å². The molecule has 1 aromatic rings. The fourth-order valence-electron chi connectivity index (χ4n) is 2.55. The third-order valence-corrected chi connectivity index (χ3v) is 4.15. The number of carbonyl (C=O) groups is 1. The van der Waals surface area contributed by atoms with Crippen molar-refractivity contribution in [2.75, 3.05) is 26.2 Å². The van der Waals surface area contributed by atoms with Crippen molar-refractivity contribution >= 4 is 21.8 Å². The lowest BCUT2D eigenvalue weighted by Crippen LogP contribution is -2.40. The Bertz CT molecular complexity index is 453. The lowest BCUT2D eigenvalue weighted by Gasteiger charge is -2.32. The Labute approximate surface area is 127 Å². The minimum Gasteiger partial charge on any atom is -0.339 e. The molecule has 1 aliphatic heterocycles. The van der Waals surface area contributed by atoms with Gasteiger partial charge in [0.1, 0.15) is 5.82 Å². The molecular formula is C15H20BrFN2O. The molecule has 0 bridgehead atoms. The zero-order valence-electron chi connectivity index (χ0n) is 11.7. The van der Waals surface area contributed by atoms with Crippen LogP contribution in [0, 0.1) is 11.7 Å². The van der Waals surface area contributed by atoms with E-state index in [9.17, 15) is 9.18 Å². The smallest absolute Gasteiger partial charge is 0.253 e. The molecule has 0 aliphatic carbocycles. The van der Waals surface area contributed by atoms with Gasteiger partial charge in [-0.15, -0.1) is 0 Å². The predicted molar refractivity (Wildman–Crippen MR) is 81.3 cm³/mol. The van der Waals surface area contributed by atoms with E-state index >= 15 is 0 Å². The molecule has 1 aromatic carbocycles. The van der Waals surface area contributed by atoms with Gasteiger partial charge in [0, 0.05) is 23.1 Å². The van der Waals surface area contributed by atoms with Crippen molar-refractivity contribution < 1.29 is 9.18 Å². The van der Waals surface area contributed by atoms with Gasteiger partial charge in [0.15, 0.2) is 0 Å². The lowest BCUT2D eigenvalue weighted by molar-refractivity contribution is 0.0689. The van der Waals surface area contributed by atoms with Crippen LogP contribution in [0.3, 0.4) is 0 Å². The average Bonchev–Trinajstić information content (AvgIpc) is 2.44. The summed E-state index contributed by atoms with van der Waals surface area (Å²) in [5, 5.41) is 3.35. The molecule has 1 heterocycles. The van der Waals surface area contributed by atoms with Crippen molar-refractivity contribution in [2.24, 2.45) is 5.92 Å². The molecule has 0 spiro atoms. The van der Waals surface area contributed by atoms with Crippen molar-refractivity contribution in [3.63, 3.8) is 0 Å². The fourth-order valence-corrected chi connectivity index (χ4v) is 3.01. The molecule has 110 valence electrons. The van der Waals surface area contributed by atoms with E-state index in [2.05, 4.69) is 28.2 Å². The van der Waals surface area contributed by atoms with Gasteiger partial charge in [-0.3, -0.25) is 4.79 Å². The summed E-state index contributed by atoms with van der Waals surface area (Å²) in [6, 6.07) is 4.34. The highest BCUT2D eigenvalue weighted by molar-refractivity contribution is 9.10. The Morgan fingerprint density at radius 2 is 2.10 bits per heavy atom. The molecule has 0 unspecified atom stereocenters. The Morgan fingerprint density at radius 1 is 1.40 bits per heavy atom. The van der Waals surface area contributed by atoms with Crippen LogP contribution < -0.4 is 5.32 Å². The first-order valence-electron chi connectivity index (χ1n) is 7.06. The fraction of sp³-hybridized carbons (Fsp3) is 0.533. The Balaban J connectivity index is 1.94. The van der Waals surface area contributed by atoms with Gasteiger partial charge in [0.05, 0.1) is 0 Å². The van der Waals surface area contributed by atoms with Crippen molar-refractivity contribution in [1.29, 1.82) is 0 Å². The van der Waals surface area contributed by atoms with E-state index in [0.717, 1.165) is 39.0 Å². The highest BCUT2D eigenvalue weighted by atomic mass is 79.9. The Kier molecular flexibility index (Phi) is 5.54. The molecule has 0 atom stereocenters. The highest BCUT2D eigenvalue weighted by Gasteiger charge is 2.23. The second-order valence-corrected chi connectivity index (χ2v) is 6.12. The molecule has 1 fully saturated rings. The van der Waals surface area contributed by atoms with Gasteiger partial charge in [0.2, 0.25) is 0 Å². The number of hydrogen-bond acceptors (Lipinski definition) is 2. The number of rotatable bonds is 4. The van der Waals surface area contributed by atoms with Crippen LogP contribution in [0.1, 0.15) is 30.1 Å². The van der Waals surface area contributed by atoms with Crippen LogP contribution in [-0.2, 0) is 0 Å². The molecule has 0 saturated carbocycles. The highest BCUT2D eigenvalue weighted by Crippen LogP contribution is 2.21. The van der Waals surface area contributed by atoms with Crippen LogP contribution in [0.15, 0.2) is 22.7 Å². The van der Waals surface area contributed by atoms with Crippen molar-refractivity contribution in [1.82, 2.24) is 10.2 Å². The number of hydrogen-bond donors (Lipinski definition) is 1. The third-order valence-electron chi connectivity index (χ3n) is 3.69. The quantitative estimate of drug-likeness (QED) is 0.911. The summed E-state index contributed by atoms with van der Waals surface area (Å²) in [6.45, 7) is 5.60. The molecule has 0 aromatic heterocycles. The number of nitrogens with one attached hydrogen (secondary N) is 1. The van der Waals surface area contributed by atoms with E-state index in [0.29, 0.717) is 16.0 Å². The van der Waals surface area contributed by atoms with E-state index in [-0.39, 0.29) is 11.7 Å². The third kappa shape index (κ3) is 4.03. The van der Waals surface area contributed by atoms with Crippen molar-refractivity contribution in [3.8, 4) is 0 Å². The minimum absolute atomic E-state index is 0.0768. The minimum atomic E-state index is -0.384. The second kappa shape index (κ2) is 7.18. The van der Waals surface area contributed by atoms with Crippen molar-refractivity contribution in [3.05, 3.63) is 34.1 Å². The average molecular weight is 343 g/mol. The van der Waals surface area contributed by atoms with Crippen LogP contribution in [0.25, 0.3) is 0 Å². The number of nitrogens with zero attached hydrogens (tertiary/aromatic N) is 1. The summed E-state index contributed by atoms with van der Waals surface area (Å²) in [6.07, 6.45) is 2.02. The standard InChI is InChI=1S/C15H20BrFN2O/c1-2-18-10-11-3-5-19(6-4-11)15(20)12-7-13(16)9-14(17)8-12/h7-9,11,18H,2-6,10H2,1H3. The van der Waals surface area contributed by atoms with E-state index in [1.54, 1.807) is 6.07 Å². The second-order valence-electron chi connectivity index (χ2n) is 5.20. The Hall–Kier alpha value is -0.940. The zero-order valence-corrected chi connectivity index (χ0v) is 13.2. The molecular weight excluding hydrogens is 323 g/mol. The van der Waals surface area contributed by atoms with Crippen LogP contribution in [0.4, 0.5) is 4.39 Å². The summed E-state index contributed by atoms with van der Waals surface area (Å²) < 4.78 is 13.9. The molecule has 1 aliphatic rings. The SMILES string of the molecule is CCNCC1CCN(C(=O)c2cc(F)cc(Br)c2)CC1. The molecule has 2 rings (SSSR count). The molecule has 0 radical (unpaired) electrons. The predicted octanol–water partition coefficient (Wildman–Crippen LogP) is 3.05. The monoisotopic (exact) mass is 342 g/mol. The van der Waals surface area contributed by atoms with E-state index in [4.69, 9.17) is 0 Å². The number of amides is 1. The molecule has 3 nitrogen and oxygen atoms in total. The summed E-state index contributed by atoms with van der Waals surface area (Å²) in [5.41, 5.74) is 0.419. The van der Waals surface area contributed by atoms with Gasteiger partial charge in [-0.25, -0.2) is 4.39 Å². The van der Waals surface area contributed by atoms with Gasteiger partial charge in [-0.05, 0) is 50.0 Å². The van der Waals surface area contributed by atoms with Crippen LogP contribution in [0.2, 0.25) is 0 Å². The van der Waals surface area contributed by atoms with Gasteiger partial charge in [0.25, 0.3) is 5.91 Å². The van der Waals surface area contributed by atoms with E-state index < -0.39 is 0 Å². The van der Waals surface area contributed by atoms with Crippen LogP contribution in [0.5, 0.6) is 0 Å². The maximum atomic E-state index is 13.3. The maximum absolute atomic E-state index is 13.3. The molecule has 1 N–H and O–H groups in total. The molecule has 1 amide bonds. The van der Waals surface area contributed by atoms with E-state index in [1.807, 2.05) is 4.90 Å². The van der Waals surface area contributed by atoms with Crippen LogP contribution >= 0.6 is 15.9 Å². The summed E-state index contributed by atoms with van der Waals surface area (Å²) in [4.78, 5) is 14.2. The summed E-state index contributed by atoms with van der Waals surface area (Å²) in [5.74, 6) is 0.176. The number of benzene rings is 1. The van der Waals surface area contributed by atoms with E-state index in [1.165, 1.54) is 12.1 Å². The molecule has 5 heteroatoms. The number of piperidine rings is 1. The first-order valence-corrected chi connectivity index (χ1v) is 7.85. The maximum Gasteiger partial charge on any atom is 0.253 e. The Morgan fingerprint density at radius 3 is 2.70 bits per heavy atom. The summed E-state index contributed by atoms with van der Waals surface area (Å²) >= 11 is 3.22. The van der Waals surface area contributed by atoms with Gasteiger partial charge in [-0.2, -0.15) is 0 Å². The van der Waals surface area contributed by atoms with Crippen LogP contribution in [-0.4, -0.2) is 37.0 Å². The lowest BCUT2D eigenvalue weighted by atomic mass is 9.96. The largest absolute Gasteiger partial charge is 0.339 e. The van der Waals surface area contributed by atoms with Gasteiger partial charge < -0.3 is 10.2 Å². The number of halogens is 2. The van der Waals surface area contributed by atoms with Gasteiger partial charge >= 0.3 is 0 Å². The first-order chi connectivity index (χ1) is 9.60. The topological polar surface area (TPSA) is 32.3 Å². The number of carbonyl (C=O) groups excluding carboxylic acids is 1. The first kappa shape index (κ1) is 15.4. The van der Waals surface area contributed by atoms with Crippen molar-refractivity contribution in [2.45, 2.75) is 19.8 Å². The molecule has 20 heavy (non-hydrogen) atoms. The molecule has 1 saturated heterocycles. The summed E-state index contributed by atoms with van der Waals surface area (Å²) in [7, 11) is 0.